The quantitative estimate of drug-likeness (QED) is 0.391. The van der Waals surface area contributed by atoms with Crippen LogP contribution in [-0.2, 0) is 26.1 Å². The maximum absolute atomic E-state index is 13.8. The molecule has 7 nitrogen and oxygen atoms in total. The lowest BCUT2D eigenvalue weighted by Gasteiger charge is -2.29. The number of hydrogen-bond acceptors (Lipinski definition) is 5. The molecule has 36 heavy (non-hydrogen) atoms. The van der Waals surface area contributed by atoms with E-state index in [0.29, 0.717) is 35.9 Å². The summed E-state index contributed by atoms with van der Waals surface area (Å²) in [5.41, 5.74) is 6.44. The van der Waals surface area contributed by atoms with Crippen molar-refractivity contribution in [3.63, 3.8) is 0 Å². The van der Waals surface area contributed by atoms with E-state index < -0.39 is 0 Å². The van der Waals surface area contributed by atoms with Crippen molar-refractivity contribution in [2.24, 2.45) is 0 Å². The molecule has 0 unspecified atom stereocenters. The third-order valence-electron chi connectivity index (χ3n) is 6.60. The van der Waals surface area contributed by atoms with Gasteiger partial charge in [0, 0.05) is 43.3 Å². The van der Waals surface area contributed by atoms with E-state index in [1.54, 1.807) is 17.2 Å². The predicted molar refractivity (Wildman–Crippen MR) is 136 cm³/mol. The number of aliphatic hydroxyl groups is 1. The molecule has 1 amide bonds. The number of benzene rings is 2. The summed E-state index contributed by atoms with van der Waals surface area (Å²) in [6.45, 7) is 5.19. The second kappa shape index (κ2) is 9.91. The summed E-state index contributed by atoms with van der Waals surface area (Å²) in [6, 6.07) is 14.2. The SMILES string of the molecule is CCc1ccccc1Nc1ncc(C)c(-c2cc3n(c2)CCN(Cc2cc(F)ccc2CO)C3=O)n1. The first-order chi connectivity index (χ1) is 17.5. The summed E-state index contributed by atoms with van der Waals surface area (Å²) >= 11 is 0. The van der Waals surface area contributed by atoms with Crippen molar-refractivity contribution < 1.29 is 14.3 Å². The number of carbonyl (C=O) groups is 1. The van der Waals surface area contributed by atoms with Crippen LogP contribution in [0.15, 0.2) is 60.9 Å². The highest BCUT2D eigenvalue weighted by Gasteiger charge is 2.27. The molecule has 3 heterocycles. The lowest BCUT2D eigenvalue weighted by atomic mass is 10.1. The Morgan fingerprint density at radius 1 is 1.08 bits per heavy atom. The number of amides is 1. The summed E-state index contributed by atoms with van der Waals surface area (Å²) < 4.78 is 15.7. The highest BCUT2D eigenvalue weighted by atomic mass is 19.1. The Balaban J connectivity index is 1.41. The fourth-order valence-electron chi connectivity index (χ4n) is 4.61. The molecule has 184 valence electrons. The second-order valence-electron chi connectivity index (χ2n) is 8.97. The molecule has 0 saturated carbocycles. The molecular formula is C28H28FN5O2. The van der Waals surface area contributed by atoms with Crippen molar-refractivity contribution in [3.8, 4) is 11.3 Å². The molecule has 1 aliphatic rings. The van der Waals surface area contributed by atoms with Crippen LogP contribution in [0, 0.1) is 12.7 Å². The van der Waals surface area contributed by atoms with Crippen molar-refractivity contribution in [1.29, 1.82) is 0 Å². The number of fused-ring (bicyclic) bond motifs is 1. The first-order valence-electron chi connectivity index (χ1n) is 12.0. The highest BCUT2D eigenvalue weighted by molar-refractivity contribution is 5.95. The summed E-state index contributed by atoms with van der Waals surface area (Å²) in [7, 11) is 0. The standard InChI is InChI=1S/C28H28FN5O2/c1-3-19-6-4-5-7-24(19)31-28-30-14-18(2)26(32-28)22-13-25-27(36)34(11-10-33(25)16-22)15-21-12-23(29)9-8-20(21)17-35/h4-9,12-14,16,35H,3,10-11,15,17H2,1-2H3,(H,30,31,32). The van der Waals surface area contributed by atoms with Gasteiger partial charge in [-0.2, -0.15) is 0 Å². The molecule has 2 aromatic carbocycles. The van der Waals surface area contributed by atoms with Crippen molar-refractivity contribution in [2.75, 3.05) is 11.9 Å². The Hall–Kier alpha value is -4.04. The van der Waals surface area contributed by atoms with Crippen LogP contribution in [0.1, 0.15) is 39.7 Å². The van der Waals surface area contributed by atoms with Gasteiger partial charge in [0.25, 0.3) is 5.91 Å². The van der Waals surface area contributed by atoms with E-state index in [1.165, 1.54) is 17.7 Å². The maximum Gasteiger partial charge on any atom is 0.270 e. The van der Waals surface area contributed by atoms with E-state index in [4.69, 9.17) is 4.98 Å². The number of aryl methyl sites for hydroxylation is 2. The third kappa shape index (κ3) is 4.59. The molecule has 5 rings (SSSR count). The van der Waals surface area contributed by atoms with Crippen LogP contribution in [0.25, 0.3) is 11.3 Å². The number of halogens is 1. The Labute approximate surface area is 209 Å². The number of carbonyl (C=O) groups excluding carboxylic acids is 1. The van der Waals surface area contributed by atoms with E-state index >= 15 is 0 Å². The van der Waals surface area contributed by atoms with Crippen molar-refractivity contribution in [1.82, 2.24) is 19.4 Å². The van der Waals surface area contributed by atoms with Gasteiger partial charge in [0.2, 0.25) is 5.95 Å². The van der Waals surface area contributed by atoms with Crippen LogP contribution in [0.4, 0.5) is 16.0 Å². The molecule has 0 atom stereocenters. The molecule has 0 spiro atoms. The Kier molecular flexibility index (Phi) is 6.52. The number of nitrogens with zero attached hydrogens (tertiary/aromatic N) is 4. The lowest BCUT2D eigenvalue weighted by molar-refractivity contribution is 0.0689. The molecule has 0 bridgehead atoms. The normalized spacial score (nSPS) is 13.1. The van der Waals surface area contributed by atoms with Gasteiger partial charge in [0.1, 0.15) is 11.5 Å². The molecular weight excluding hydrogens is 457 g/mol. The van der Waals surface area contributed by atoms with Crippen molar-refractivity contribution >= 4 is 17.5 Å². The fourth-order valence-corrected chi connectivity index (χ4v) is 4.61. The lowest BCUT2D eigenvalue weighted by Crippen LogP contribution is -2.39. The topological polar surface area (TPSA) is 83.3 Å². The average Bonchev–Trinajstić information content (AvgIpc) is 3.32. The van der Waals surface area contributed by atoms with Crippen LogP contribution in [0.5, 0.6) is 0 Å². The van der Waals surface area contributed by atoms with Crippen LogP contribution >= 0.6 is 0 Å². The Bertz CT molecular complexity index is 1430. The monoisotopic (exact) mass is 485 g/mol. The van der Waals surface area contributed by atoms with Gasteiger partial charge in [-0.25, -0.2) is 14.4 Å². The Morgan fingerprint density at radius 3 is 2.72 bits per heavy atom. The zero-order valence-corrected chi connectivity index (χ0v) is 20.3. The number of rotatable bonds is 7. The van der Waals surface area contributed by atoms with Gasteiger partial charge in [-0.15, -0.1) is 0 Å². The summed E-state index contributed by atoms with van der Waals surface area (Å²) in [4.78, 5) is 24.2. The maximum atomic E-state index is 13.8. The van der Waals surface area contributed by atoms with Crippen LogP contribution in [0.3, 0.4) is 0 Å². The first-order valence-corrected chi connectivity index (χ1v) is 12.0. The van der Waals surface area contributed by atoms with Gasteiger partial charge in [0.05, 0.1) is 12.3 Å². The van der Waals surface area contributed by atoms with Gasteiger partial charge >= 0.3 is 0 Å². The minimum atomic E-state index is -0.387. The average molecular weight is 486 g/mol. The number of aliphatic hydroxyl groups excluding tert-OH is 1. The van der Waals surface area contributed by atoms with Gasteiger partial charge in [-0.05, 0) is 59.9 Å². The van der Waals surface area contributed by atoms with Gasteiger partial charge in [0.15, 0.2) is 0 Å². The van der Waals surface area contributed by atoms with Crippen LogP contribution in [-0.4, -0.2) is 37.0 Å². The smallest absolute Gasteiger partial charge is 0.270 e. The summed E-state index contributed by atoms with van der Waals surface area (Å²) in [5.74, 6) is -0.0265. The molecule has 8 heteroatoms. The van der Waals surface area contributed by atoms with Crippen LogP contribution in [0.2, 0.25) is 0 Å². The molecule has 1 aliphatic heterocycles. The van der Waals surface area contributed by atoms with Gasteiger partial charge < -0.3 is 19.9 Å². The molecule has 0 radical (unpaired) electrons. The number of anilines is 2. The zero-order valence-electron chi connectivity index (χ0n) is 20.3. The van der Waals surface area contributed by atoms with Gasteiger partial charge in [-0.3, -0.25) is 4.79 Å². The fraction of sp³-hybridized carbons (Fsp3) is 0.250. The minimum absolute atomic E-state index is 0.136. The third-order valence-corrected chi connectivity index (χ3v) is 6.60. The summed E-state index contributed by atoms with van der Waals surface area (Å²) in [6.07, 6.45) is 4.62. The van der Waals surface area contributed by atoms with Crippen molar-refractivity contribution in [2.45, 2.75) is 40.0 Å². The van der Waals surface area contributed by atoms with E-state index in [2.05, 4.69) is 23.3 Å². The second-order valence-corrected chi connectivity index (χ2v) is 8.97. The number of aromatic nitrogens is 3. The molecule has 2 aromatic heterocycles. The molecule has 4 aromatic rings. The van der Waals surface area contributed by atoms with E-state index in [1.807, 2.05) is 42.0 Å². The minimum Gasteiger partial charge on any atom is -0.392 e. The van der Waals surface area contributed by atoms with Gasteiger partial charge in [-0.1, -0.05) is 31.2 Å². The highest BCUT2D eigenvalue weighted by Crippen LogP contribution is 2.29. The van der Waals surface area contributed by atoms with Crippen molar-refractivity contribution in [3.05, 3.63) is 94.7 Å². The number of para-hydroxylation sites is 1. The molecule has 0 fully saturated rings. The van der Waals surface area contributed by atoms with E-state index in [-0.39, 0.29) is 24.9 Å². The van der Waals surface area contributed by atoms with Crippen LogP contribution < -0.4 is 5.32 Å². The number of hydrogen-bond donors (Lipinski definition) is 2. The predicted octanol–water partition coefficient (Wildman–Crippen LogP) is 4.85. The molecule has 2 N–H and O–H groups in total. The van der Waals surface area contributed by atoms with E-state index in [0.717, 1.165) is 28.9 Å². The Morgan fingerprint density at radius 2 is 1.92 bits per heavy atom. The number of nitrogens with one attached hydrogen (secondary N) is 1. The molecule has 0 saturated heterocycles. The summed E-state index contributed by atoms with van der Waals surface area (Å²) in [5, 5.41) is 12.9. The molecule has 0 aliphatic carbocycles. The first kappa shape index (κ1) is 23.7. The van der Waals surface area contributed by atoms with E-state index in [9.17, 15) is 14.3 Å². The zero-order chi connectivity index (χ0) is 25.2. The largest absolute Gasteiger partial charge is 0.392 e.